The maximum absolute atomic E-state index is 12.6. The van der Waals surface area contributed by atoms with Gasteiger partial charge in [0, 0.05) is 31.2 Å². The van der Waals surface area contributed by atoms with Crippen LogP contribution in [0.1, 0.15) is 24.2 Å². The number of ether oxygens (including phenoxy) is 3. The number of benzene rings is 3. The number of carbonyl (C=O) groups is 3. The molecule has 32 heavy (non-hydrogen) atoms. The Morgan fingerprint density at radius 1 is 0.719 bits per heavy atom. The number of nitrogens with one attached hydrogen (secondary N) is 1. The summed E-state index contributed by atoms with van der Waals surface area (Å²) in [6.45, 7) is 2.39. The van der Waals surface area contributed by atoms with Crippen LogP contribution >= 0.6 is 0 Å². The number of anilines is 1. The molecule has 0 heterocycles. The van der Waals surface area contributed by atoms with Crippen molar-refractivity contribution < 1.29 is 38.8 Å². The lowest BCUT2D eigenvalue weighted by atomic mass is 10.1. The predicted molar refractivity (Wildman–Crippen MR) is 113 cm³/mol. The molecule has 164 valence electrons. The third-order valence-corrected chi connectivity index (χ3v) is 4.01. The molecule has 9 heteroatoms. The third kappa shape index (κ3) is 5.76. The van der Waals surface area contributed by atoms with Gasteiger partial charge in [-0.3, -0.25) is 14.4 Å². The summed E-state index contributed by atoms with van der Waals surface area (Å²) in [5.41, 5.74) is 0.644. The third-order valence-electron chi connectivity index (χ3n) is 4.01. The van der Waals surface area contributed by atoms with E-state index in [2.05, 4.69) is 5.32 Å². The van der Waals surface area contributed by atoms with Crippen molar-refractivity contribution in [3.8, 4) is 34.5 Å². The fraction of sp³-hybridized carbons (Fsp3) is 0.0870. The quantitative estimate of drug-likeness (QED) is 0.300. The highest BCUT2D eigenvalue weighted by atomic mass is 16.6. The lowest BCUT2D eigenvalue weighted by Gasteiger charge is -2.11. The zero-order valence-corrected chi connectivity index (χ0v) is 17.1. The maximum atomic E-state index is 12.6. The molecule has 0 fully saturated rings. The summed E-state index contributed by atoms with van der Waals surface area (Å²) in [5, 5.41) is 21.6. The molecule has 3 aromatic carbocycles. The Morgan fingerprint density at radius 2 is 1.34 bits per heavy atom. The summed E-state index contributed by atoms with van der Waals surface area (Å²) < 4.78 is 15.6. The van der Waals surface area contributed by atoms with Gasteiger partial charge in [-0.25, -0.2) is 0 Å². The average molecular weight is 437 g/mol. The summed E-state index contributed by atoms with van der Waals surface area (Å²) in [7, 11) is 0. The van der Waals surface area contributed by atoms with Crippen LogP contribution < -0.4 is 19.5 Å². The van der Waals surface area contributed by atoms with Gasteiger partial charge in [-0.1, -0.05) is 0 Å². The van der Waals surface area contributed by atoms with E-state index in [9.17, 15) is 24.6 Å². The van der Waals surface area contributed by atoms with Crippen LogP contribution in [0.3, 0.4) is 0 Å². The van der Waals surface area contributed by atoms with Crippen LogP contribution in [0.25, 0.3) is 0 Å². The van der Waals surface area contributed by atoms with E-state index in [-0.39, 0.29) is 28.6 Å². The minimum absolute atomic E-state index is 0.0195. The van der Waals surface area contributed by atoms with Crippen molar-refractivity contribution in [2.75, 3.05) is 5.32 Å². The second-order valence-corrected chi connectivity index (χ2v) is 6.58. The molecule has 3 aromatic rings. The summed E-state index contributed by atoms with van der Waals surface area (Å²) in [5.74, 6) is -1.54. The summed E-state index contributed by atoms with van der Waals surface area (Å²) >= 11 is 0. The Hall–Kier alpha value is -4.53. The number of rotatable bonds is 6. The number of amides is 1. The standard InChI is InChI=1S/C23H19NO8/c1-13(25)30-21-10-3-15(11-22(21)31-14(2)26)23(29)24-16-4-6-17(7-5-16)32-18-8-9-19(27)20(28)12-18/h3-12,27-28H,1-2H3,(H,24,29). The zero-order valence-electron chi connectivity index (χ0n) is 17.1. The van der Waals surface area contributed by atoms with Crippen molar-refractivity contribution in [2.45, 2.75) is 13.8 Å². The van der Waals surface area contributed by atoms with Crippen molar-refractivity contribution >= 4 is 23.5 Å². The molecule has 0 aromatic heterocycles. The molecule has 0 aliphatic carbocycles. The van der Waals surface area contributed by atoms with Gasteiger partial charge in [0.15, 0.2) is 23.0 Å². The Kier molecular flexibility index (Phi) is 6.59. The molecule has 9 nitrogen and oxygen atoms in total. The van der Waals surface area contributed by atoms with E-state index < -0.39 is 17.8 Å². The van der Waals surface area contributed by atoms with Crippen molar-refractivity contribution in [1.29, 1.82) is 0 Å². The first kappa shape index (κ1) is 22.2. The molecule has 3 rings (SSSR count). The fourth-order valence-electron chi connectivity index (χ4n) is 2.64. The Morgan fingerprint density at radius 3 is 1.97 bits per heavy atom. The monoisotopic (exact) mass is 437 g/mol. The Labute approximate surface area is 182 Å². The van der Waals surface area contributed by atoms with Crippen molar-refractivity contribution in [2.24, 2.45) is 0 Å². The number of aromatic hydroxyl groups is 2. The highest BCUT2D eigenvalue weighted by Crippen LogP contribution is 2.32. The molecule has 0 aliphatic rings. The molecule has 0 radical (unpaired) electrons. The molecular formula is C23H19NO8. The van der Waals surface area contributed by atoms with Gasteiger partial charge in [0.05, 0.1) is 0 Å². The molecular weight excluding hydrogens is 418 g/mol. The molecule has 0 spiro atoms. The van der Waals surface area contributed by atoms with Crippen molar-refractivity contribution in [1.82, 2.24) is 0 Å². The summed E-state index contributed by atoms with van der Waals surface area (Å²) in [4.78, 5) is 35.1. The smallest absolute Gasteiger partial charge is 0.308 e. The average Bonchev–Trinajstić information content (AvgIpc) is 2.72. The number of phenols is 2. The van der Waals surface area contributed by atoms with Crippen molar-refractivity contribution in [3.05, 3.63) is 66.2 Å². The number of phenolic OH excluding ortho intramolecular Hbond substituents is 2. The molecule has 1 amide bonds. The van der Waals surface area contributed by atoms with Gasteiger partial charge < -0.3 is 29.7 Å². The molecule has 0 saturated heterocycles. The normalized spacial score (nSPS) is 10.2. The fourth-order valence-corrected chi connectivity index (χ4v) is 2.64. The second kappa shape index (κ2) is 9.52. The summed E-state index contributed by atoms with van der Waals surface area (Å²) in [6, 6.07) is 14.6. The van der Waals surface area contributed by atoms with Gasteiger partial charge in [-0.2, -0.15) is 0 Å². The van der Waals surface area contributed by atoms with Gasteiger partial charge in [-0.15, -0.1) is 0 Å². The largest absolute Gasteiger partial charge is 0.504 e. The Balaban J connectivity index is 1.71. The van der Waals surface area contributed by atoms with Crippen molar-refractivity contribution in [3.63, 3.8) is 0 Å². The van der Waals surface area contributed by atoms with E-state index in [4.69, 9.17) is 14.2 Å². The van der Waals surface area contributed by atoms with Crippen LogP contribution in [0, 0.1) is 0 Å². The van der Waals surface area contributed by atoms with E-state index in [1.54, 1.807) is 24.3 Å². The maximum Gasteiger partial charge on any atom is 0.308 e. The molecule has 0 bridgehead atoms. The SMILES string of the molecule is CC(=O)Oc1ccc(C(=O)Nc2ccc(Oc3ccc(O)c(O)c3)cc2)cc1OC(C)=O. The van der Waals surface area contributed by atoms with E-state index >= 15 is 0 Å². The van der Waals surface area contributed by atoms with Crippen LogP contribution in [0.15, 0.2) is 60.7 Å². The van der Waals surface area contributed by atoms with E-state index in [0.29, 0.717) is 17.2 Å². The topological polar surface area (TPSA) is 131 Å². The first-order valence-corrected chi connectivity index (χ1v) is 9.33. The first-order valence-electron chi connectivity index (χ1n) is 9.33. The highest BCUT2D eigenvalue weighted by molar-refractivity contribution is 6.04. The first-order chi connectivity index (χ1) is 15.2. The van der Waals surface area contributed by atoms with Gasteiger partial charge in [0.25, 0.3) is 5.91 Å². The molecule has 3 N–H and O–H groups in total. The minimum Gasteiger partial charge on any atom is -0.504 e. The van der Waals surface area contributed by atoms with Gasteiger partial charge in [-0.05, 0) is 54.6 Å². The lowest BCUT2D eigenvalue weighted by molar-refractivity contribution is -0.134. The van der Waals surface area contributed by atoms with Gasteiger partial charge >= 0.3 is 11.9 Å². The van der Waals surface area contributed by atoms with Crippen LogP contribution in [0.4, 0.5) is 5.69 Å². The van der Waals surface area contributed by atoms with E-state index in [1.807, 2.05) is 0 Å². The highest BCUT2D eigenvalue weighted by Gasteiger charge is 2.15. The van der Waals surface area contributed by atoms with E-state index in [1.165, 1.54) is 50.2 Å². The molecule has 0 saturated carbocycles. The second-order valence-electron chi connectivity index (χ2n) is 6.58. The van der Waals surface area contributed by atoms with Crippen LogP contribution in [-0.2, 0) is 9.59 Å². The number of carbonyl (C=O) groups excluding carboxylic acids is 3. The molecule has 0 atom stereocenters. The van der Waals surface area contributed by atoms with E-state index in [0.717, 1.165) is 0 Å². The van der Waals surface area contributed by atoms with Crippen LogP contribution in [0.5, 0.6) is 34.5 Å². The predicted octanol–water partition coefficient (Wildman–Crippen LogP) is 3.99. The molecule has 0 aliphatic heterocycles. The van der Waals surface area contributed by atoms with Crippen LogP contribution in [-0.4, -0.2) is 28.1 Å². The zero-order chi connectivity index (χ0) is 23.3. The number of hydrogen-bond acceptors (Lipinski definition) is 8. The van der Waals surface area contributed by atoms with Gasteiger partial charge in [0.2, 0.25) is 0 Å². The lowest BCUT2D eigenvalue weighted by Crippen LogP contribution is -2.13. The minimum atomic E-state index is -0.631. The number of esters is 2. The van der Waals surface area contributed by atoms with Crippen LogP contribution in [0.2, 0.25) is 0 Å². The Bertz CT molecular complexity index is 1170. The van der Waals surface area contributed by atoms with Gasteiger partial charge in [0.1, 0.15) is 11.5 Å². The molecule has 0 unspecified atom stereocenters. The summed E-state index contributed by atoms with van der Waals surface area (Å²) in [6.07, 6.45) is 0. The number of hydrogen-bond donors (Lipinski definition) is 3.